The van der Waals surface area contributed by atoms with E-state index in [1.54, 1.807) is 11.3 Å². The molecule has 17 heavy (non-hydrogen) atoms. The van der Waals surface area contributed by atoms with Gasteiger partial charge < -0.3 is 4.42 Å². The first-order valence-corrected chi connectivity index (χ1v) is 6.19. The van der Waals surface area contributed by atoms with Crippen molar-refractivity contribution in [3.8, 4) is 17.5 Å². The maximum absolute atomic E-state index is 8.61. The van der Waals surface area contributed by atoms with Gasteiger partial charge in [0.15, 0.2) is 0 Å². The standard InChI is InChI=1S/C12H13N3OS/c1-9-11(7-15(2)5-4-13)14-12(16-9)10-3-6-17-8-10/h3,6,8H,5,7H2,1-2H3. The molecule has 0 N–H and O–H groups in total. The van der Waals surface area contributed by atoms with Gasteiger partial charge in [0.05, 0.1) is 18.3 Å². The highest BCUT2D eigenvalue weighted by atomic mass is 32.1. The Kier molecular flexibility index (Phi) is 3.57. The van der Waals surface area contributed by atoms with Gasteiger partial charge >= 0.3 is 0 Å². The highest BCUT2D eigenvalue weighted by Gasteiger charge is 2.13. The van der Waals surface area contributed by atoms with E-state index in [0.29, 0.717) is 19.0 Å². The summed E-state index contributed by atoms with van der Waals surface area (Å²) in [5, 5.41) is 12.6. The smallest absolute Gasteiger partial charge is 0.227 e. The van der Waals surface area contributed by atoms with Crippen LogP contribution in [0.25, 0.3) is 11.5 Å². The van der Waals surface area contributed by atoms with Crippen LogP contribution in [0.15, 0.2) is 21.2 Å². The molecule has 0 saturated carbocycles. The summed E-state index contributed by atoms with van der Waals surface area (Å²) < 4.78 is 5.62. The molecule has 2 aromatic heterocycles. The minimum absolute atomic E-state index is 0.389. The largest absolute Gasteiger partial charge is 0.441 e. The Morgan fingerprint density at radius 3 is 3.06 bits per heavy atom. The van der Waals surface area contributed by atoms with Crippen molar-refractivity contribution in [2.75, 3.05) is 13.6 Å². The summed E-state index contributed by atoms with van der Waals surface area (Å²) in [6.45, 7) is 2.92. The predicted molar refractivity (Wildman–Crippen MR) is 66.5 cm³/mol. The molecule has 0 spiro atoms. The Labute approximate surface area is 104 Å². The average molecular weight is 247 g/mol. The van der Waals surface area contributed by atoms with Crippen molar-refractivity contribution in [1.82, 2.24) is 9.88 Å². The lowest BCUT2D eigenvalue weighted by molar-refractivity contribution is 0.360. The molecule has 0 bridgehead atoms. The van der Waals surface area contributed by atoms with Gasteiger partial charge in [-0.2, -0.15) is 16.6 Å². The zero-order chi connectivity index (χ0) is 12.3. The maximum Gasteiger partial charge on any atom is 0.227 e. The maximum atomic E-state index is 8.61. The molecule has 0 radical (unpaired) electrons. The Balaban J connectivity index is 2.17. The molecule has 0 fully saturated rings. The minimum Gasteiger partial charge on any atom is -0.441 e. The second-order valence-electron chi connectivity index (χ2n) is 3.86. The Morgan fingerprint density at radius 1 is 1.59 bits per heavy atom. The van der Waals surface area contributed by atoms with E-state index in [0.717, 1.165) is 17.0 Å². The molecule has 2 aromatic rings. The first kappa shape index (κ1) is 11.8. The number of oxazole rings is 1. The van der Waals surface area contributed by atoms with Crippen LogP contribution in [0.4, 0.5) is 0 Å². The van der Waals surface area contributed by atoms with Crippen LogP contribution in [0.2, 0.25) is 0 Å². The lowest BCUT2D eigenvalue weighted by Gasteiger charge is -2.09. The van der Waals surface area contributed by atoms with Gasteiger partial charge in [-0.25, -0.2) is 4.98 Å². The molecule has 4 nitrogen and oxygen atoms in total. The number of rotatable bonds is 4. The van der Waals surface area contributed by atoms with E-state index in [-0.39, 0.29) is 0 Å². The van der Waals surface area contributed by atoms with Crippen LogP contribution in [0.3, 0.4) is 0 Å². The van der Waals surface area contributed by atoms with Gasteiger partial charge in [-0.05, 0) is 25.4 Å². The molecule has 0 saturated heterocycles. The first-order valence-electron chi connectivity index (χ1n) is 5.25. The van der Waals surface area contributed by atoms with Crippen LogP contribution in [0.1, 0.15) is 11.5 Å². The highest BCUT2D eigenvalue weighted by Crippen LogP contribution is 2.24. The van der Waals surface area contributed by atoms with Crippen molar-refractivity contribution in [1.29, 1.82) is 5.26 Å². The van der Waals surface area contributed by atoms with E-state index in [9.17, 15) is 0 Å². The molecule has 0 amide bonds. The topological polar surface area (TPSA) is 53.1 Å². The van der Waals surface area contributed by atoms with E-state index in [4.69, 9.17) is 9.68 Å². The van der Waals surface area contributed by atoms with Crippen LogP contribution < -0.4 is 0 Å². The number of hydrogen-bond acceptors (Lipinski definition) is 5. The monoisotopic (exact) mass is 247 g/mol. The fourth-order valence-electron chi connectivity index (χ4n) is 1.52. The van der Waals surface area contributed by atoms with Gasteiger partial charge in [0.25, 0.3) is 0 Å². The van der Waals surface area contributed by atoms with Gasteiger partial charge in [0, 0.05) is 17.5 Å². The lowest BCUT2D eigenvalue weighted by Crippen LogP contribution is -2.18. The van der Waals surface area contributed by atoms with Crippen LogP contribution in [-0.2, 0) is 6.54 Å². The molecular formula is C12H13N3OS. The summed E-state index contributed by atoms with van der Waals surface area (Å²) in [7, 11) is 1.89. The van der Waals surface area contributed by atoms with E-state index in [1.807, 2.05) is 35.7 Å². The molecule has 2 rings (SSSR count). The van der Waals surface area contributed by atoms with Crippen molar-refractivity contribution in [2.45, 2.75) is 13.5 Å². The Hall–Kier alpha value is -1.64. The first-order chi connectivity index (χ1) is 8.20. The zero-order valence-corrected chi connectivity index (χ0v) is 10.6. The van der Waals surface area contributed by atoms with Gasteiger partial charge in [-0.15, -0.1) is 0 Å². The SMILES string of the molecule is Cc1oc(-c2ccsc2)nc1CN(C)CC#N. The summed E-state index contributed by atoms with van der Waals surface area (Å²) in [6, 6.07) is 4.10. The fraction of sp³-hybridized carbons (Fsp3) is 0.333. The molecule has 0 aliphatic rings. The Bertz CT molecular complexity index is 524. The number of nitrogens with zero attached hydrogens (tertiary/aromatic N) is 3. The van der Waals surface area contributed by atoms with Crippen molar-refractivity contribution in [2.24, 2.45) is 0 Å². The van der Waals surface area contributed by atoms with E-state index < -0.39 is 0 Å². The number of aryl methyl sites for hydroxylation is 1. The van der Waals surface area contributed by atoms with Crippen molar-refractivity contribution in [3.05, 3.63) is 28.3 Å². The van der Waals surface area contributed by atoms with Crippen LogP contribution in [0.5, 0.6) is 0 Å². The highest BCUT2D eigenvalue weighted by molar-refractivity contribution is 7.08. The van der Waals surface area contributed by atoms with E-state index in [2.05, 4.69) is 11.1 Å². The number of thiophene rings is 1. The molecule has 0 atom stereocenters. The fourth-order valence-corrected chi connectivity index (χ4v) is 2.15. The van der Waals surface area contributed by atoms with Crippen molar-refractivity contribution >= 4 is 11.3 Å². The summed E-state index contributed by atoms with van der Waals surface area (Å²) in [4.78, 5) is 6.37. The lowest BCUT2D eigenvalue weighted by atomic mass is 10.3. The molecule has 88 valence electrons. The second-order valence-corrected chi connectivity index (χ2v) is 4.64. The Morgan fingerprint density at radius 2 is 2.41 bits per heavy atom. The quantitative estimate of drug-likeness (QED) is 0.779. The molecule has 0 unspecified atom stereocenters. The van der Waals surface area contributed by atoms with Crippen LogP contribution in [-0.4, -0.2) is 23.5 Å². The number of nitriles is 1. The average Bonchev–Trinajstić information content (AvgIpc) is 2.89. The zero-order valence-electron chi connectivity index (χ0n) is 9.80. The van der Waals surface area contributed by atoms with Crippen molar-refractivity contribution in [3.63, 3.8) is 0 Å². The van der Waals surface area contributed by atoms with Gasteiger partial charge in [0.2, 0.25) is 5.89 Å². The van der Waals surface area contributed by atoms with Crippen molar-refractivity contribution < 1.29 is 4.42 Å². The third kappa shape index (κ3) is 2.73. The molecule has 0 aliphatic heterocycles. The predicted octanol–water partition coefficient (Wildman–Crippen LogP) is 2.67. The van der Waals surface area contributed by atoms with Gasteiger partial charge in [-0.1, -0.05) is 0 Å². The molecule has 0 aromatic carbocycles. The van der Waals surface area contributed by atoms with Crippen LogP contribution in [0, 0.1) is 18.3 Å². The van der Waals surface area contributed by atoms with E-state index >= 15 is 0 Å². The minimum atomic E-state index is 0.389. The van der Waals surface area contributed by atoms with E-state index in [1.165, 1.54) is 0 Å². The summed E-state index contributed by atoms with van der Waals surface area (Å²) in [6.07, 6.45) is 0. The third-order valence-corrected chi connectivity index (χ3v) is 3.10. The summed E-state index contributed by atoms with van der Waals surface area (Å²) in [5.74, 6) is 1.47. The molecule has 2 heterocycles. The third-order valence-electron chi connectivity index (χ3n) is 2.42. The molecule has 0 aliphatic carbocycles. The normalized spacial score (nSPS) is 10.7. The number of aromatic nitrogens is 1. The summed E-state index contributed by atoms with van der Waals surface area (Å²) >= 11 is 1.62. The van der Waals surface area contributed by atoms with Gasteiger partial charge in [-0.3, -0.25) is 4.90 Å². The van der Waals surface area contributed by atoms with Gasteiger partial charge in [0.1, 0.15) is 5.76 Å². The molecular weight excluding hydrogens is 234 g/mol. The molecule has 5 heteroatoms. The second kappa shape index (κ2) is 5.13. The summed E-state index contributed by atoms with van der Waals surface area (Å²) in [5.41, 5.74) is 1.90. The van der Waals surface area contributed by atoms with Crippen LogP contribution >= 0.6 is 11.3 Å². The number of hydrogen-bond donors (Lipinski definition) is 0.